The molecule has 0 fully saturated rings. The number of hydrogen-bond acceptors (Lipinski definition) is 5. The number of esters is 1. The van der Waals surface area contributed by atoms with Gasteiger partial charge in [0.1, 0.15) is 0 Å². The van der Waals surface area contributed by atoms with Crippen molar-refractivity contribution in [3.63, 3.8) is 0 Å². The number of ether oxygens (including phenoxy) is 1. The Balaban J connectivity index is 0. The van der Waals surface area contributed by atoms with E-state index in [0.717, 1.165) is 0 Å². The van der Waals surface area contributed by atoms with Gasteiger partial charge in [-0.25, -0.2) is 9.59 Å². The normalized spacial score (nSPS) is 13.5. The molecule has 0 rings (SSSR count). The second-order valence-corrected chi connectivity index (χ2v) is 5.17. The highest BCUT2D eigenvalue weighted by atomic mass is 16.5. The van der Waals surface area contributed by atoms with Crippen molar-refractivity contribution in [2.75, 3.05) is 6.61 Å². The van der Waals surface area contributed by atoms with Crippen molar-refractivity contribution in [3.05, 3.63) is 23.8 Å². The summed E-state index contributed by atoms with van der Waals surface area (Å²) in [6.45, 7) is 9.89. The molecule has 0 aliphatic carbocycles. The molecule has 0 amide bonds. The van der Waals surface area contributed by atoms with Crippen LogP contribution in [0.25, 0.3) is 0 Å². The lowest BCUT2D eigenvalue weighted by Crippen LogP contribution is -2.11. The number of hydrogen-bond donors (Lipinski definition) is 3. The Kier molecular flexibility index (Phi) is 13.4. The molecular formula is C16H28O6. The topological polar surface area (TPSA) is 104 Å². The molecule has 0 radical (unpaired) electrons. The largest absolute Gasteiger partial charge is 0.478 e. The third-order valence-corrected chi connectivity index (χ3v) is 2.49. The minimum Gasteiger partial charge on any atom is -0.478 e. The Morgan fingerprint density at radius 2 is 1.59 bits per heavy atom. The summed E-state index contributed by atoms with van der Waals surface area (Å²) in [4.78, 5) is 21.0. The van der Waals surface area contributed by atoms with Gasteiger partial charge in [-0.05, 0) is 40.5 Å². The predicted octanol–water partition coefficient (Wildman–Crippen LogP) is 2.05. The zero-order valence-electron chi connectivity index (χ0n) is 13.8. The zero-order valence-corrected chi connectivity index (χ0v) is 13.8. The monoisotopic (exact) mass is 316 g/mol. The number of aliphatic hydroxyl groups excluding tert-OH is 2. The van der Waals surface area contributed by atoms with Crippen LogP contribution >= 0.6 is 0 Å². The lowest BCUT2D eigenvalue weighted by atomic mass is 10.1. The third kappa shape index (κ3) is 16.4. The third-order valence-electron chi connectivity index (χ3n) is 2.49. The molecule has 3 N–H and O–H groups in total. The lowest BCUT2D eigenvalue weighted by Gasteiger charge is -2.06. The second kappa shape index (κ2) is 13.0. The van der Waals surface area contributed by atoms with E-state index in [-0.39, 0.29) is 24.3 Å². The fourth-order valence-corrected chi connectivity index (χ4v) is 1.06. The number of carbonyl (C=O) groups excluding carboxylic acids is 1. The zero-order chi connectivity index (χ0) is 17.7. The molecule has 0 aliphatic heterocycles. The Bertz CT molecular complexity index is 370. The van der Waals surface area contributed by atoms with Crippen LogP contribution in [0.4, 0.5) is 0 Å². The second-order valence-electron chi connectivity index (χ2n) is 5.17. The van der Waals surface area contributed by atoms with Gasteiger partial charge in [0.2, 0.25) is 0 Å². The summed E-state index contributed by atoms with van der Waals surface area (Å²) in [5.74, 6) is -1.29. The van der Waals surface area contributed by atoms with Gasteiger partial charge in [0, 0.05) is 17.6 Å². The summed E-state index contributed by atoms with van der Waals surface area (Å²) in [6.07, 6.45) is 2.71. The van der Waals surface area contributed by atoms with Crippen molar-refractivity contribution in [2.45, 2.75) is 59.2 Å². The highest BCUT2D eigenvalue weighted by molar-refractivity contribution is 5.87. The molecule has 0 bridgehead atoms. The molecule has 22 heavy (non-hydrogen) atoms. The van der Waals surface area contributed by atoms with Gasteiger partial charge < -0.3 is 20.1 Å². The van der Waals surface area contributed by atoms with Crippen molar-refractivity contribution in [1.82, 2.24) is 0 Å². The molecule has 6 heteroatoms. The molecular weight excluding hydrogens is 288 g/mol. The van der Waals surface area contributed by atoms with Crippen molar-refractivity contribution in [2.24, 2.45) is 0 Å². The maximum Gasteiger partial charge on any atom is 0.333 e. The van der Waals surface area contributed by atoms with Crippen LogP contribution < -0.4 is 0 Å². The van der Waals surface area contributed by atoms with Crippen LogP contribution in [0.5, 0.6) is 0 Å². The number of rotatable bonds is 8. The molecule has 0 aromatic heterocycles. The van der Waals surface area contributed by atoms with Gasteiger partial charge in [-0.15, -0.1) is 0 Å². The minimum absolute atomic E-state index is 0.176. The van der Waals surface area contributed by atoms with Gasteiger partial charge >= 0.3 is 11.9 Å². The summed E-state index contributed by atoms with van der Waals surface area (Å²) in [5.41, 5.74) is 0.723. The van der Waals surface area contributed by atoms with Crippen LogP contribution in [0.3, 0.4) is 0 Å². The fourth-order valence-electron chi connectivity index (χ4n) is 1.06. The van der Waals surface area contributed by atoms with E-state index in [1.165, 1.54) is 6.92 Å². The van der Waals surface area contributed by atoms with Gasteiger partial charge in [0.05, 0.1) is 18.8 Å². The van der Waals surface area contributed by atoms with Crippen LogP contribution in [0.1, 0.15) is 47.0 Å². The van der Waals surface area contributed by atoms with Crippen LogP contribution in [-0.2, 0) is 14.3 Å². The first-order valence-corrected chi connectivity index (χ1v) is 7.16. The van der Waals surface area contributed by atoms with E-state index in [4.69, 9.17) is 20.1 Å². The summed E-state index contributed by atoms with van der Waals surface area (Å²) >= 11 is 0. The van der Waals surface area contributed by atoms with E-state index < -0.39 is 12.1 Å². The fraction of sp³-hybridized carbons (Fsp3) is 0.625. The Morgan fingerprint density at radius 1 is 1.14 bits per heavy atom. The summed E-state index contributed by atoms with van der Waals surface area (Å²) in [7, 11) is 0. The summed E-state index contributed by atoms with van der Waals surface area (Å²) in [5, 5.41) is 25.9. The van der Waals surface area contributed by atoms with Crippen LogP contribution in [0.15, 0.2) is 23.8 Å². The molecule has 2 unspecified atom stereocenters. The average molecular weight is 316 g/mol. The van der Waals surface area contributed by atoms with Crippen LogP contribution in [-0.4, -0.2) is 46.1 Å². The number of carboxylic acids is 1. The molecule has 6 nitrogen and oxygen atoms in total. The smallest absolute Gasteiger partial charge is 0.333 e. The van der Waals surface area contributed by atoms with E-state index in [0.29, 0.717) is 24.8 Å². The van der Waals surface area contributed by atoms with Crippen LogP contribution in [0, 0.1) is 0 Å². The maximum absolute atomic E-state index is 11.4. The number of carbonyl (C=O) groups is 2. The van der Waals surface area contributed by atoms with E-state index >= 15 is 0 Å². The Morgan fingerprint density at radius 3 is 1.95 bits per heavy atom. The predicted molar refractivity (Wildman–Crippen MR) is 84.4 cm³/mol. The van der Waals surface area contributed by atoms with Crippen molar-refractivity contribution in [1.29, 1.82) is 0 Å². The molecule has 0 saturated carbocycles. The minimum atomic E-state index is -0.935. The highest BCUT2D eigenvalue weighted by Crippen LogP contribution is 2.04. The van der Waals surface area contributed by atoms with Crippen molar-refractivity contribution in [3.8, 4) is 0 Å². The molecule has 0 heterocycles. The SMILES string of the molecule is C=C(C)C(=O)O.CC(=CCCC(C)O)C(=O)OCCC(C)O. The molecule has 0 aromatic rings. The maximum atomic E-state index is 11.4. The molecule has 2 atom stereocenters. The molecule has 0 spiro atoms. The first-order chi connectivity index (χ1) is 10.1. The van der Waals surface area contributed by atoms with Crippen molar-refractivity contribution < 1.29 is 29.6 Å². The van der Waals surface area contributed by atoms with E-state index in [1.807, 2.05) is 0 Å². The number of aliphatic hydroxyl groups is 2. The lowest BCUT2D eigenvalue weighted by molar-refractivity contribution is -0.139. The average Bonchev–Trinajstić information content (AvgIpc) is 2.38. The van der Waals surface area contributed by atoms with Gasteiger partial charge in [-0.3, -0.25) is 0 Å². The summed E-state index contributed by atoms with van der Waals surface area (Å²) in [6, 6.07) is 0. The number of carboxylic acid groups (broad SMARTS) is 1. The first-order valence-electron chi connectivity index (χ1n) is 7.16. The molecule has 128 valence electrons. The van der Waals surface area contributed by atoms with E-state index in [1.54, 1.807) is 26.8 Å². The Labute approximate surface area is 132 Å². The van der Waals surface area contributed by atoms with Gasteiger partial charge in [-0.1, -0.05) is 12.7 Å². The standard InChI is InChI=1S/C12H22O4.C4H6O2/c1-9(5-4-6-10(2)13)12(15)16-8-7-11(3)14;1-3(2)4(5)6/h5,10-11,13-14H,4,6-8H2,1-3H3;1H2,2H3,(H,5,6). The van der Waals surface area contributed by atoms with E-state index in [2.05, 4.69) is 6.58 Å². The quantitative estimate of drug-likeness (QED) is 0.468. The molecule has 0 aliphatic rings. The van der Waals surface area contributed by atoms with Crippen LogP contribution in [0.2, 0.25) is 0 Å². The van der Waals surface area contributed by atoms with Gasteiger partial charge in [-0.2, -0.15) is 0 Å². The highest BCUT2D eigenvalue weighted by Gasteiger charge is 2.06. The van der Waals surface area contributed by atoms with E-state index in [9.17, 15) is 9.59 Å². The van der Waals surface area contributed by atoms with Crippen molar-refractivity contribution >= 4 is 11.9 Å². The number of aliphatic carboxylic acids is 1. The first kappa shape index (κ1) is 22.6. The molecule has 0 aromatic carbocycles. The van der Waals surface area contributed by atoms with Gasteiger partial charge in [0.25, 0.3) is 0 Å². The summed E-state index contributed by atoms with van der Waals surface area (Å²) < 4.78 is 4.94. The van der Waals surface area contributed by atoms with Gasteiger partial charge in [0.15, 0.2) is 0 Å². The number of allylic oxidation sites excluding steroid dienone is 1. The Hall–Kier alpha value is -1.66. The molecule has 0 saturated heterocycles.